The highest BCUT2D eigenvalue weighted by Crippen LogP contribution is 2.52. The van der Waals surface area contributed by atoms with Crippen molar-refractivity contribution in [3.05, 3.63) is 71.5 Å². The van der Waals surface area contributed by atoms with Crippen molar-refractivity contribution < 1.29 is 27.1 Å². The third kappa shape index (κ3) is 4.59. The van der Waals surface area contributed by atoms with Crippen LogP contribution < -0.4 is 4.74 Å². The van der Waals surface area contributed by atoms with E-state index in [1.807, 2.05) is 6.92 Å². The Kier molecular flexibility index (Phi) is 6.05. The fraction of sp³-hybridized carbons (Fsp3) is 0.385. The van der Waals surface area contributed by atoms with Crippen molar-refractivity contribution in [3.8, 4) is 17.3 Å². The highest BCUT2D eigenvalue weighted by molar-refractivity contribution is 5.98. The van der Waals surface area contributed by atoms with E-state index >= 15 is 0 Å². The van der Waals surface area contributed by atoms with Gasteiger partial charge in [-0.05, 0) is 37.5 Å². The van der Waals surface area contributed by atoms with E-state index in [1.165, 1.54) is 6.07 Å². The second kappa shape index (κ2) is 9.07. The van der Waals surface area contributed by atoms with Crippen LogP contribution >= 0.6 is 0 Å². The Morgan fingerprint density at radius 1 is 1.19 bits per heavy atom. The van der Waals surface area contributed by atoms with Gasteiger partial charge < -0.3 is 14.1 Å². The van der Waals surface area contributed by atoms with Crippen molar-refractivity contribution in [3.63, 3.8) is 0 Å². The predicted molar refractivity (Wildman–Crippen MR) is 124 cm³/mol. The Bertz CT molecular complexity index is 1300. The molecule has 0 N–H and O–H groups in total. The molecule has 0 spiro atoms. The number of pyridine rings is 2. The van der Waals surface area contributed by atoms with Gasteiger partial charge in [-0.1, -0.05) is 19.1 Å². The summed E-state index contributed by atoms with van der Waals surface area (Å²) in [6, 6.07) is 5.36. The normalized spacial score (nSPS) is 21.3. The van der Waals surface area contributed by atoms with Gasteiger partial charge in [-0.2, -0.15) is 13.2 Å². The number of likely N-dealkylation sites (tertiary alicyclic amines) is 1. The van der Waals surface area contributed by atoms with Crippen molar-refractivity contribution >= 4 is 5.91 Å². The minimum atomic E-state index is -4.47. The van der Waals surface area contributed by atoms with E-state index in [1.54, 1.807) is 30.2 Å². The minimum absolute atomic E-state index is 0.0633. The quantitative estimate of drug-likeness (QED) is 0.439. The number of ether oxygens (including phenoxy) is 1. The van der Waals surface area contributed by atoms with Crippen LogP contribution in [-0.2, 0) is 12.6 Å². The van der Waals surface area contributed by atoms with Crippen LogP contribution in [0.4, 0.5) is 13.2 Å². The number of carbonyl (C=O) groups is 1. The molecule has 1 aliphatic heterocycles. The van der Waals surface area contributed by atoms with Crippen LogP contribution in [0.25, 0.3) is 11.5 Å². The Balaban J connectivity index is 1.39. The Labute approximate surface area is 206 Å². The largest absolute Gasteiger partial charge is 0.475 e. The number of halogens is 3. The van der Waals surface area contributed by atoms with Crippen LogP contribution in [-0.4, -0.2) is 45.0 Å². The van der Waals surface area contributed by atoms with Crippen molar-refractivity contribution in [1.82, 2.24) is 19.9 Å². The van der Waals surface area contributed by atoms with Gasteiger partial charge in [0.25, 0.3) is 5.91 Å². The number of piperidine rings is 1. The lowest BCUT2D eigenvalue weighted by Gasteiger charge is -2.35. The van der Waals surface area contributed by atoms with E-state index in [0.29, 0.717) is 48.2 Å². The Morgan fingerprint density at radius 3 is 2.67 bits per heavy atom. The van der Waals surface area contributed by atoms with Crippen LogP contribution in [0.15, 0.2) is 53.2 Å². The van der Waals surface area contributed by atoms with Crippen molar-refractivity contribution in [2.24, 2.45) is 11.8 Å². The first-order valence-corrected chi connectivity index (χ1v) is 11.7. The van der Waals surface area contributed by atoms with Gasteiger partial charge in [-0.15, -0.1) is 0 Å². The molecule has 0 aromatic carbocycles. The molecule has 7 nitrogen and oxygen atoms in total. The second-order valence-electron chi connectivity index (χ2n) is 9.16. The summed E-state index contributed by atoms with van der Waals surface area (Å²) in [5.74, 6) is 1.33. The molecule has 4 heterocycles. The molecule has 0 radical (unpaired) electrons. The average molecular weight is 499 g/mol. The first-order chi connectivity index (χ1) is 17.2. The number of alkyl halides is 3. The van der Waals surface area contributed by atoms with Gasteiger partial charge >= 0.3 is 6.18 Å². The number of aromatic nitrogens is 3. The minimum Gasteiger partial charge on any atom is -0.475 e. The third-order valence-electron chi connectivity index (χ3n) is 6.81. The fourth-order valence-corrected chi connectivity index (χ4v) is 4.63. The summed E-state index contributed by atoms with van der Waals surface area (Å²) in [6.07, 6.45) is -0.780. The molecule has 2 fully saturated rings. The van der Waals surface area contributed by atoms with Crippen molar-refractivity contribution in [2.75, 3.05) is 13.2 Å². The number of amides is 1. The number of hydrogen-bond acceptors (Lipinski definition) is 6. The molecule has 5 rings (SSSR count). The zero-order valence-electron chi connectivity index (χ0n) is 19.9. The summed E-state index contributed by atoms with van der Waals surface area (Å²) in [6.45, 7) is 8.43. The maximum Gasteiger partial charge on any atom is 0.417 e. The summed E-state index contributed by atoms with van der Waals surface area (Å²) >= 11 is 0. The van der Waals surface area contributed by atoms with Crippen LogP contribution in [0.2, 0.25) is 0 Å². The standard InChI is InChI=1S/C26H25F3N4O3/c1-4-18-11-31-24(36-18)19-7-5-14(2)32-23(19)25(34)33-12-21-15(3)20(21)9-17(33)13-35-22-8-6-16(10-30-22)26(27,28)29/h5-8,10-11,17,20-21H,3-4,9,12-13H2,1-2H3/t17?,20-,21+/m0/s1. The molecule has 1 aliphatic carbocycles. The first-order valence-electron chi connectivity index (χ1n) is 11.7. The molecule has 3 atom stereocenters. The van der Waals surface area contributed by atoms with E-state index in [0.717, 1.165) is 17.8 Å². The predicted octanol–water partition coefficient (Wildman–Crippen LogP) is 5.12. The monoisotopic (exact) mass is 498 g/mol. The number of aryl methyl sites for hydroxylation is 2. The summed E-state index contributed by atoms with van der Waals surface area (Å²) < 4.78 is 50.0. The van der Waals surface area contributed by atoms with Gasteiger partial charge in [-0.25, -0.2) is 15.0 Å². The molecule has 1 amide bonds. The summed E-state index contributed by atoms with van der Waals surface area (Å²) in [5, 5.41) is 0. The molecular formula is C26H25F3N4O3. The summed E-state index contributed by atoms with van der Waals surface area (Å²) in [4.78, 5) is 28.2. The molecule has 0 bridgehead atoms. The molecule has 1 unspecified atom stereocenters. The van der Waals surface area contributed by atoms with E-state index < -0.39 is 11.7 Å². The van der Waals surface area contributed by atoms with Crippen LogP contribution in [0, 0.1) is 18.8 Å². The van der Waals surface area contributed by atoms with E-state index in [9.17, 15) is 18.0 Å². The van der Waals surface area contributed by atoms with Gasteiger partial charge in [-0.3, -0.25) is 4.79 Å². The number of rotatable bonds is 6. The molecule has 3 aromatic rings. The molecule has 10 heteroatoms. The maximum atomic E-state index is 13.8. The Morgan fingerprint density at radius 2 is 2.00 bits per heavy atom. The van der Waals surface area contributed by atoms with E-state index in [-0.39, 0.29) is 36.0 Å². The molecule has 2 aliphatic rings. The molecule has 1 saturated carbocycles. The molecule has 3 aromatic heterocycles. The van der Waals surface area contributed by atoms with Crippen LogP contribution in [0.1, 0.15) is 40.9 Å². The van der Waals surface area contributed by atoms with Crippen LogP contribution in [0.3, 0.4) is 0 Å². The lowest BCUT2D eigenvalue weighted by molar-refractivity contribution is -0.137. The first kappa shape index (κ1) is 24.0. The fourth-order valence-electron chi connectivity index (χ4n) is 4.63. The highest BCUT2D eigenvalue weighted by Gasteiger charge is 2.51. The molecule has 1 saturated heterocycles. The van der Waals surface area contributed by atoms with Gasteiger partial charge in [0.2, 0.25) is 11.8 Å². The topological polar surface area (TPSA) is 81.4 Å². The SMILES string of the molecule is C=C1[C@H]2CN(C(=O)c3nc(C)ccc3-c3ncc(CC)o3)C(COc3ccc(C(F)(F)F)cn3)C[C@@H]12. The Hall–Kier alpha value is -3.69. The highest BCUT2D eigenvalue weighted by atomic mass is 19.4. The molecule has 188 valence electrons. The third-order valence-corrected chi connectivity index (χ3v) is 6.81. The lowest BCUT2D eigenvalue weighted by atomic mass is 10.0. The van der Waals surface area contributed by atoms with Gasteiger partial charge in [0.1, 0.15) is 18.1 Å². The number of oxazole rings is 1. The van der Waals surface area contributed by atoms with E-state index in [2.05, 4.69) is 21.5 Å². The zero-order valence-corrected chi connectivity index (χ0v) is 19.9. The average Bonchev–Trinajstić information content (AvgIpc) is 3.25. The van der Waals surface area contributed by atoms with Crippen molar-refractivity contribution in [1.29, 1.82) is 0 Å². The number of fused-ring (bicyclic) bond motifs is 1. The summed E-state index contributed by atoms with van der Waals surface area (Å²) in [7, 11) is 0. The summed E-state index contributed by atoms with van der Waals surface area (Å²) in [5.41, 5.74) is 1.67. The molecule has 36 heavy (non-hydrogen) atoms. The molecular weight excluding hydrogens is 473 g/mol. The van der Waals surface area contributed by atoms with Crippen molar-refractivity contribution in [2.45, 2.75) is 38.9 Å². The number of nitrogens with zero attached hydrogens (tertiary/aromatic N) is 4. The smallest absolute Gasteiger partial charge is 0.417 e. The second-order valence-corrected chi connectivity index (χ2v) is 9.16. The number of hydrogen-bond donors (Lipinski definition) is 0. The van der Waals surface area contributed by atoms with E-state index in [4.69, 9.17) is 9.15 Å². The van der Waals surface area contributed by atoms with Gasteiger partial charge in [0.15, 0.2) is 0 Å². The lowest BCUT2D eigenvalue weighted by Crippen LogP contribution is -2.48. The van der Waals surface area contributed by atoms with Gasteiger partial charge in [0, 0.05) is 36.8 Å². The maximum absolute atomic E-state index is 13.8. The zero-order chi connectivity index (χ0) is 25.6. The van der Waals surface area contributed by atoms with Crippen LogP contribution in [0.5, 0.6) is 5.88 Å². The van der Waals surface area contributed by atoms with Gasteiger partial charge in [0.05, 0.1) is 23.4 Å². The number of carbonyl (C=O) groups excluding carboxylic acids is 1.